The summed E-state index contributed by atoms with van der Waals surface area (Å²) in [5.41, 5.74) is 1.20. The molecule has 1 fully saturated rings. The van der Waals surface area contributed by atoms with Crippen molar-refractivity contribution in [2.45, 2.75) is 26.4 Å². The quantitative estimate of drug-likeness (QED) is 0.865. The zero-order valence-electron chi connectivity index (χ0n) is 10.8. The van der Waals surface area contributed by atoms with E-state index in [1.165, 1.54) is 5.56 Å². The molecule has 0 aromatic heterocycles. The molecule has 1 aromatic carbocycles. The molecule has 3 heteroatoms. The number of aromatic hydroxyl groups is 1. The molecular formula is C14H22N2O. The molecule has 3 nitrogen and oxygen atoms in total. The zero-order valence-corrected chi connectivity index (χ0v) is 10.8. The predicted molar refractivity (Wildman–Crippen MR) is 70.1 cm³/mol. The first-order valence-electron chi connectivity index (χ1n) is 6.39. The smallest absolute Gasteiger partial charge is 0.115 e. The second-order valence-electron chi connectivity index (χ2n) is 5.08. The number of benzene rings is 1. The lowest BCUT2D eigenvalue weighted by Gasteiger charge is -2.36. The summed E-state index contributed by atoms with van der Waals surface area (Å²) in [5.74, 6) is 0.364. The number of hydrogen-bond donors (Lipinski definition) is 1. The van der Waals surface area contributed by atoms with Crippen molar-refractivity contribution in [3.05, 3.63) is 29.8 Å². The summed E-state index contributed by atoms with van der Waals surface area (Å²) >= 11 is 0. The van der Waals surface area contributed by atoms with Gasteiger partial charge in [-0.1, -0.05) is 12.1 Å². The Bertz CT molecular complexity index is 357. The first-order chi connectivity index (χ1) is 8.15. The fraction of sp³-hybridized carbons (Fsp3) is 0.571. The molecule has 1 saturated heterocycles. The molecule has 17 heavy (non-hydrogen) atoms. The van der Waals surface area contributed by atoms with Crippen LogP contribution in [0, 0.1) is 0 Å². The molecule has 1 aliphatic rings. The van der Waals surface area contributed by atoms with Crippen LogP contribution in [0.4, 0.5) is 0 Å². The molecule has 1 heterocycles. The lowest BCUT2D eigenvalue weighted by Crippen LogP contribution is -2.48. The van der Waals surface area contributed by atoms with E-state index in [4.69, 9.17) is 0 Å². The predicted octanol–water partition coefficient (Wildman–Crippen LogP) is 1.92. The highest BCUT2D eigenvalue weighted by atomic mass is 16.3. The van der Waals surface area contributed by atoms with Crippen LogP contribution in [0.5, 0.6) is 5.75 Å². The van der Waals surface area contributed by atoms with E-state index in [9.17, 15) is 5.11 Å². The number of rotatable bonds is 3. The Kier molecular flexibility index (Phi) is 4.02. The highest BCUT2D eigenvalue weighted by Gasteiger charge is 2.18. The molecule has 0 amide bonds. The molecule has 1 N–H and O–H groups in total. The fourth-order valence-corrected chi connectivity index (χ4v) is 2.35. The van der Waals surface area contributed by atoms with Crippen molar-refractivity contribution in [2.24, 2.45) is 0 Å². The minimum absolute atomic E-state index is 0.364. The van der Waals surface area contributed by atoms with Crippen molar-refractivity contribution in [1.29, 1.82) is 0 Å². The van der Waals surface area contributed by atoms with Gasteiger partial charge in [-0.15, -0.1) is 0 Å². The summed E-state index contributed by atoms with van der Waals surface area (Å²) in [6.07, 6.45) is 0. The van der Waals surface area contributed by atoms with E-state index in [2.05, 4.69) is 29.7 Å². The van der Waals surface area contributed by atoms with Crippen molar-refractivity contribution in [3.8, 4) is 5.75 Å². The Morgan fingerprint density at radius 2 is 1.88 bits per heavy atom. The summed E-state index contributed by atoms with van der Waals surface area (Å²) in [4.78, 5) is 4.96. The number of phenolic OH excluding ortho intramolecular Hbond substituents is 1. The van der Waals surface area contributed by atoms with Crippen LogP contribution in [0.25, 0.3) is 0 Å². The highest BCUT2D eigenvalue weighted by molar-refractivity contribution is 5.27. The molecule has 0 saturated carbocycles. The maximum absolute atomic E-state index is 9.43. The molecule has 0 spiro atoms. The average Bonchev–Trinajstić information content (AvgIpc) is 2.29. The molecule has 1 aromatic rings. The highest BCUT2D eigenvalue weighted by Crippen LogP contribution is 2.14. The van der Waals surface area contributed by atoms with Gasteiger partial charge in [-0.2, -0.15) is 0 Å². The van der Waals surface area contributed by atoms with E-state index in [1.807, 2.05) is 12.1 Å². The second kappa shape index (κ2) is 5.52. The third kappa shape index (κ3) is 3.45. The van der Waals surface area contributed by atoms with Crippen LogP contribution in [0.3, 0.4) is 0 Å². The third-order valence-corrected chi connectivity index (χ3v) is 3.45. The van der Waals surface area contributed by atoms with Crippen LogP contribution in [0.15, 0.2) is 24.3 Å². The first kappa shape index (κ1) is 12.4. The van der Waals surface area contributed by atoms with Crippen molar-refractivity contribution in [1.82, 2.24) is 9.80 Å². The molecule has 94 valence electrons. The van der Waals surface area contributed by atoms with Gasteiger partial charge in [-0.05, 0) is 31.5 Å². The van der Waals surface area contributed by atoms with Crippen LogP contribution in [0.1, 0.15) is 19.4 Å². The van der Waals surface area contributed by atoms with Crippen molar-refractivity contribution in [2.75, 3.05) is 26.2 Å². The van der Waals surface area contributed by atoms with Gasteiger partial charge in [-0.25, -0.2) is 0 Å². The van der Waals surface area contributed by atoms with Crippen molar-refractivity contribution >= 4 is 0 Å². The molecular weight excluding hydrogens is 212 g/mol. The summed E-state index contributed by atoms with van der Waals surface area (Å²) in [6.45, 7) is 9.99. The van der Waals surface area contributed by atoms with Crippen LogP contribution < -0.4 is 0 Å². The van der Waals surface area contributed by atoms with Crippen molar-refractivity contribution < 1.29 is 5.11 Å². The van der Waals surface area contributed by atoms with Gasteiger partial charge in [0.1, 0.15) is 5.75 Å². The summed E-state index contributed by atoms with van der Waals surface area (Å²) in [6, 6.07) is 8.22. The number of hydrogen-bond acceptors (Lipinski definition) is 3. The Hall–Kier alpha value is -1.06. The summed E-state index contributed by atoms with van der Waals surface area (Å²) < 4.78 is 0. The van der Waals surface area contributed by atoms with Crippen LogP contribution in [0.2, 0.25) is 0 Å². The average molecular weight is 234 g/mol. The molecule has 0 aliphatic carbocycles. The fourth-order valence-electron chi connectivity index (χ4n) is 2.35. The second-order valence-corrected chi connectivity index (χ2v) is 5.08. The molecule has 0 unspecified atom stereocenters. The largest absolute Gasteiger partial charge is 0.508 e. The monoisotopic (exact) mass is 234 g/mol. The molecule has 0 bridgehead atoms. The Balaban J connectivity index is 1.86. The normalized spacial score (nSPS) is 18.8. The van der Waals surface area contributed by atoms with Gasteiger partial charge in [0.25, 0.3) is 0 Å². The van der Waals surface area contributed by atoms with Crippen LogP contribution in [-0.2, 0) is 6.54 Å². The number of phenols is 1. The van der Waals surface area contributed by atoms with E-state index in [0.717, 1.165) is 32.7 Å². The molecule has 0 radical (unpaired) electrons. The minimum Gasteiger partial charge on any atom is -0.508 e. The third-order valence-electron chi connectivity index (χ3n) is 3.45. The number of piperazine rings is 1. The minimum atomic E-state index is 0.364. The first-order valence-corrected chi connectivity index (χ1v) is 6.39. The zero-order chi connectivity index (χ0) is 12.3. The Morgan fingerprint density at radius 1 is 1.18 bits per heavy atom. The van der Waals surface area contributed by atoms with E-state index in [-0.39, 0.29) is 0 Å². The van der Waals surface area contributed by atoms with Gasteiger partial charge in [0.05, 0.1) is 0 Å². The van der Waals surface area contributed by atoms with Gasteiger partial charge in [0.2, 0.25) is 0 Å². The van der Waals surface area contributed by atoms with Crippen LogP contribution in [-0.4, -0.2) is 47.1 Å². The van der Waals surface area contributed by atoms with Gasteiger partial charge in [0, 0.05) is 38.8 Å². The lowest BCUT2D eigenvalue weighted by molar-refractivity contribution is 0.104. The van der Waals surface area contributed by atoms with Crippen molar-refractivity contribution in [3.63, 3.8) is 0 Å². The summed E-state index contributed by atoms with van der Waals surface area (Å²) in [7, 11) is 0. The van der Waals surface area contributed by atoms with E-state index < -0.39 is 0 Å². The lowest BCUT2D eigenvalue weighted by atomic mass is 10.2. The van der Waals surface area contributed by atoms with E-state index in [1.54, 1.807) is 6.07 Å². The van der Waals surface area contributed by atoms with E-state index in [0.29, 0.717) is 11.8 Å². The molecule has 2 rings (SSSR count). The number of nitrogens with zero attached hydrogens (tertiary/aromatic N) is 2. The maximum Gasteiger partial charge on any atom is 0.115 e. The van der Waals surface area contributed by atoms with Gasteiger partial charge < -0.3 is 5.11 Å². The standard InChI is InChI=1S/C14H22N2O/c1-12(2)16-8-6-15(7-9-16)11-13-4-3-5-14(17)10-13/h3-5,10,12,17H,6-9,11H2,1-2H3. The Morgan fingerprint density at radius 3 is 2.47 bits per heavy atom. The van der Waals surface area contributed by atoms with Gasteiger partial charge >= 0.3 is 0 Å². The SMILES string of the molecule is CC(C)N1CCN(Cc2cccc(O)c2)CC1. The van der Waals surface area contributed by atoms with Crippen LogP contribution >= 0.6 is 0 Å². The van der Waals surface area contributed by atoms with E-state index >= 15 is 0 Å². The summed E-state index contributed by atoms with van der Waals surface area (Å²) in [5, 5.41) is 9.43. The maximum atomic E-state index is 9.43. The topological polar surface area (TPSA) is 26.7 Å². The molecule has 1 aliphatic heterocycles. The van der Waals surface area contributed by atoms with Gasteiger partial charge in [-0.3, -0.25) is 9.80 Å². The Labute approximate surface area is 104 Å². The molecule has 0 atom stereocenters. The van der Waals surface area contributed by atoms with Gasteiger partial charge in [0.15, 0.2) is 0 Å².